The Hall–Kier alpha value is -0.750. The zero-order chi connectivity index (χ0) is 19.2. The van der Waals surface area contributed by atoms with Gasteiger partial charge in [0.15, 0.2) is 0 Å². The van der Waals surface area contributed by atoms with E-state index < -0.39 is 11.0 Å². The van der Waals surface area contributed by atoms with Gasteiger partial charge in [-0.05, 0) is 80.6 Å². The third kappa shape index (κ3) is 7.88. The van der Waals surface area contributed by atoms with Gasteiger partial charge in [0.2, 0.25) is 0 Å². The molecule has 0 saturated carbocycles. The monoisotopic (exact) mass is 360 g/mol. The largest absolute Gasteiger partial charge is 0.483 e. The van der Waals surface area contributed by atoms with E-state index in [0.717, 1.165) is 19.4 Å². The average Bonchev–Trinajstić information content (AvgIpc) is 2.69. The van der Waals surface area contributed by atoms with Gasteiger partial charge in [-0.1, -0.05) is 0 Å². The number of rotatable bonds is 4. The van der Waals surface area contributed by atoms with E-state index in [9.17, 15) is 4.21 Å². The standard InChI is InChI=1S/C17H34N2OS.CH2O2/c1-15(2,3)19-13-14(12-17(19,7)8)10-9-11-18-21(20)16(4,5)6;2-1-3/h11,14H,9-10,12-13H2,1-8H3;1H,(H,2,3)/b18-11+;. The van der Waals surface area contributed by atoms with E-state index in [1.165, 1.54) is 6.42 Å². The minimum Gasteiger partial charge on any atom is -0.483 e. The Labute approximate surface area is 150 Å². The Balaban J connectivity index is 0.00000163. The van der Waals surface area contributed by atoms with Gasteiger partial charge in [0.05, 0.1) is 4.75 Å². The molecule has 0 amide bonds. The maximum absolute atomic E-state index is 11.9. The van der Waals surface area contributed by atoms with Crippen LogP contribution in [0.25, 0.3) is 0 Å². The van der Waals surface area contributed by atoms with Crippen LogP contribution in [0.4, 0.5) is 0 Å². The molecule has 1 heterocycles. The van der Waals surface area contributed by atoms with Crippen molar-refractivity contribution in [1.82, 2.24) is 4.90 Å². The first kappa shape index (κ1) is 23.2. The summed E-state index contributed by atoms with van der Waals surface area (Å²) in [5, 5.41) is 6.89. The van der Waals surface area contributed by atoms with E-state index in [-0.39, 0.29) is 22.3 Å². The summed E-state index contributed by atoms with van der Waals surface area (Å²) in [5.74, 6) is 0.716. The van der Waals surface area contributed by atoms with Gasteiger partial charge in [-0.25, -0.2) is 4.21 Å². The van der Waals surface area contributed by atoms with E-state index in [1.807, 2.05) is 27.0 Å². The summed E-state index contributed by atoms with van der Waals surface area (Å²) in [7, 11) is -1.12. The van der Waals surface area contributed by atoms with Crippen molar-refractivity contribution >= 4 is 23.7 Å². The Morgan fingerprint density at radius 1 is 1.25 bits per heavy atom. The molecule has 2 atom stereocenters. The van der Waals surface area contributed by atoms with Crippen LogP contribution < -0.4 is 0 Å². The highest BCUT2D eigenvalue weighted by atomic mass is 32.2. The molecule has 142 valence electrons. The smallest absolute Gasteiger partial charge is 0.290 e. The van der Waals surface area contributed by atoms with E-state index in [0.29, 0.717) is 5.92 Å². The highest BCUT2D eigenvalue weighted by molar-refractivity contribution is 7.85. The van der Waals surface area contributed by atoms with Gasteiger partial charge in [0.1, 0.15) is 11.0 Å². The molecular formula is C18H36N2O3S. The van der Waals surface area contributed by atoms with Crippen molar-refractivity contribution in [3.05, 3.63) is 0 Å². The average molecular weight is 361 g/mol. The molecule has 1 aliphatic rings. The molecule has 0 aliphatic carbocycles. The van der Waals surface area contributed by atoms with Gasteiger partial charge < -0.3 is 5.11 Å². The molecule has 1 N–H and O–H groups in total. The SMILES string of the molecule is CC(C)(C)N1CC(CC/C=N/S(=O)C(C)(C)C)CC1(C)C.O=CO. The van der Waals surface area contributed by atoms with Gasteiger partial charge in [0.25, 0.3) is 6.47 Å². The van der Waals surface area contributed by atoms with Crippen molar-refractivity contribution in [2.45, 2.75) is 90.5 Å². The van der Waals surface area contributed by atoms with Crippen LogP contribution in [0.1, 0.15) is 74.7 Å². The second-order valence-corrected chi connectivity index (χ2v) is 10.9. The van der Waals surface area contributed by atoms with Crippen molar-refractivity contribution in [3.63, 3.8) is 0 Å². The van der Waals surface area contributed by atoms with E-state index >= 15 is 0 Å². The lowest BCUT2D eigenvalue weighted by Gasteiger charge is -2.42. The minimum absolute atomic E-state index is 0.222. The summed E-state index contributed by atoms with van der Waals surface area (Å²) in [6.45, 7) is 18.4. The molecule has 2 unspecified atom stereocenters. The predicted molar refractivity (Wildman–Crippen MR) is 103 cm³/mol. The Morgan fingerprint density at radius 2 is 1.75 bits per heavy atom. The first-order valence-electron chi connectivity index (χ1n) is 8.56. The fourth-order valence-corrected chi connectivity index (χ4v) is 3.91. The molecule has 0 aromatic carbocycles. The van der Waals surface area contributed by atoms with Gasteiger partial charge >= 0.3 is 0 Å². The molecule has 0 aromatic heterocycles. The summed E-state index contributed by atoms with van der Waals surface area (Å²) in [6.07, 6.45) is 5.18. The van der Waals surface area contributed by atoms with Gasteiger partial charge in [-0.3, -0.25) is 9.69 Å². The molecule has 24 heavy (non-hydrogen) atoms. The first-order chi connectivity index (χ1) is 10.8. The van der Waals surface area contributed by atoms with Crippen molar-refractivity contribution in [2.75, 3.05) is 6.54 Å². The molecule has 0 radical (unpaired) electrons. The van der Waals surface area contributed by atoms with Crippen LogP contribution in [-0.2, 0) is 15.8 Å². The minimum atomic E-state index is -1.12. The molecule has 1 aliphatic heterocycles. The van der Waals surface area contributed by atoms with Gasteiger partial charge in [0, 0.05) is 23.8 Å². The second kappa shape index (κ2) is 9.09. The first-order valence-corrected chi connectivity index (χ1v) is 9.66. The zero-order valence-electron chi connectivity index (χ0n) is 16.6. The molecular weight excluding hydrogens is 324 g/mol. The van der Waals surface area contributed by atoms with Crippen LogP contribution in [0.2, 0.25) is 0 Å². The van der Waals surface area contributed by atoms with Crippen molar-refractivity contribution < 1.29 is 14.1 Å². The molecule has 1 fully saturated rings. The number of likely N-dealkylation sites (tertiary alicyclic amines) is 1. The van der Waals surface area contributed by atoms with E-state index in [1.54, 1.807) is 0 Å². The molecule has 5 nitrogen and oxygen atoms in total. The highest BCUT2D eigenvalue weighted by Gasteiger charge is 2.42. The Kier molecular flexibility index (Phi) is 8.80. The van der Waals surface area contributed by atoms with Crippen LogP contribution in [0.5, 0.6) is 0 Å². The maximum atomic E-state index is 11.9. The quantitative estimate of drug-likeness (QED) is 0.610. The highest BCUT2D eigenvalue weighted by Crippen LogP contribution is 2.39. The number of nitrogens with zero attached hydrogens (tertiary/aromatic N) is 2. The number of carbonyl (C=O) groups is 1. The molecule has 1 saturated heterocycles. The summed E-state index contributed by atoms with van der Waals surface area (Å²) in [5.41, 5.74) is 0.494. The van der Waals surface area contributed by atoms with Crippen molar-refractivity contribution in [1.29, 1.82) is 0 Å². The van der Waals surface area contributed by atoms with Crippen LogP contribution >= 0.6 is 0 Å². The third-order valence-electron chi connectivity index (χ3n) is 4.17. The fraction of sp³-hybridized carbons (Fsp3) is 0.889. The molecule has 0 spiro atoms. The van der Waals surface area contributed by atoms with Crippen LogP contribution in [0, 0.1) is 5.92 Å². The Morgan fingerprint density at radius 3 is 2.12 bits per heavy atom. The normalized spacial score (nSPS) is 22.9. The number of hydrogen-bond donors (Lipinski definition) is 1. The number of carboxylic acid groups (broad SMARTS) is 1. The second-order valence-electron chi connectivity index (χ2n) is 9.00. The van der Waals surface area contributed by atoms with Crippen LogP contribution in [0.3, 0.4) is 0 Å². The number of hydrogen-bond acceptors (Lipinski definition) is 3. The zero-order valence-corrected chi connectivity index (χ0v) is 17.4. The molecule has 0 bridgehead atoms. The molecule has 1 rings (SSSR count). The summed E-state index contributed by atoms with van der Waals surface area (Å²) >= 11 is 0. The van der Waals surface area contributed by atoms with E-state index in [4.69, 9.17) is 9.90 Å². The lowest BCUT2D eigenvalue weighted by molar-refractivity contribution is -0.122. The van der Waals surface area contributed by atoms with Crippen molar-refractivity contribution in [2.24, 2.45) is 10.3 Å². The molecule has 6 heteroatoms. The third-order valence-corrected chi connectivity index (χ3v) is 5.56. The van der Waals surface area contributed by atoms with Gasteiger partial charge in [-0.2, -0.15) is 4.40 Å². The predicted octanol–water partition coefficient (Wildman–Crippen LogP) is 3.90. The lowest BCUT2D eigenvalue weighted by atomic mass is 9.92. The Bertz CT molecular complexity index is 448. The maximum Gasteiger partial charge on any atom is 0.290 e. The summed E-state index contributed by atoms with van der Waals surface area (Å²) < 4.78 is 15.8. The van der Waals surface area contributed by atoms with E-state index in [2.05, 4.69) is 43.9 Å². The summed E-state index contributed by atoms with van der Waals surface area (Å²) in [6, 6.07) is 0. The van der Waals surface area contributed by atoms with Crippen LogP contribution in [-0.4, -0.2) is 49.3 Å². The van der Waals surface area contributed by atoms with Crippen LogP contribution in [0.15, 0.2) is 4.40 Å². The molecule has 0 aromatic rings. The van der Waals surface area contributed by atoms with Crippen molar-refractivity contribution in [3.8, 4) is 0 Å². The lowest BCUT2D eigenvalue weighted by Crippen LogP contribution is -2.50. The summed E-state index contributed by atoms with van der Waals surface area (Å²) in [4.78, 5) is 11.0. The van der Waals surface area contributed by atoms with Gasteiger partial charge in [-0.15, -0.1) is 0 Å². The fourth-order valence-electron chi connectivity index (χ4n) is 3.35. The topological polar surface area (TPSA) is 70.0 Å².